The van der Waals surface area contributed by atoms with Gasteiger partial charge in [-0.2, -0.15) is 0 Å². The lowest BCUT2D eigenvalue weighted by Crippen LogP contribution is -2.44. The van der Waals surface area contributed by atoms with E-state index in [4.69, 9.17) is 0 Å². The molecule has 2 saturated heterocycles. The maximum atomic E-state index is 14.9. The second-order valence-corrected chi connectivity index (χ2v) is 8.63. The van der Waals surface area contributed by atoms with Crippen molar-refractivity contribution in [2.75, 3.05) is 49.3 Å². The molecular weight excluding hydrogens is 391 g/mol. The van der Waals surface area contributed by atoms with Gasteiger partial charge in [-0.25, -0.2) is 14.4 Å². The van der Waals surface area contributed by atoms with Gasteiger partial charge >= 0.3 is 0 Å². The maximum Gasteiger partial charge on any atom is 0.227 e. The number of piperazine rings is 1. The third kappa shape index (κ3) is 3.81. The van der Waals surface area contributed by atoms with Crippen molar-refractivity contribution in [1.82, 2.24) is 14.9 Å². The highest BCUT2D eigenvalue weighted by Crippen LogP contribution is 2.35. The zero-order valence-electron chi connectivity index (χ0n) is 18.1. The number of fused-ring (bicyclic) bond motifs is 2. The number of hydrogen-bond donors (Lipinski definition) is 1. The van der Waals surface area contributed by atoms with E-state index in [1.165, 1.54) is 6.07 Å². The highest BCUT2D eigenvalue weighted by atomic mass is 19.1. The van der Waals surface area contributed by atoms with E-state index in [0.29, 0.717) is 29.4 Å². The first-order valence-corrected chi connectivity index (χ1v) is 10.6. The molecule has 3 heterocycles. The molecule has 3 aromatic rings. The Balaban J connectivity index is 1.32. The molecule has 31 heavy (non-hydrogen) atoms. The van der Waals surface area contributed by atoms with Crippen molar-refractivity contribution in [2.45, 2.75) is 18.5 Å². The molecule has 0 amide bonds. The summed E-state index contributed by atoms with van der Waals surface area (Å²) in [5.41, 5.74) is 4.28. The average molecular weight is 419 g/mol. The number of nitrogens with zero attached hydrogens (tertiary/aromatic N) is 5. The molecule has 5 rings (SSSR count). The summed E-state index contributed by atoms with van der Waals surface area (Å²) in [4.78, 5) is 15.5. The van der Waals surface area contributed by atoms with Crippen LogP contribution in [0.25, 0.3) is 11.3 Å². The molecule has 6 nitrogen and oxygen atoms in total. The summed E-state index contributed by atoms with van der Waals surface area (Å²) in [6, 6.07) is 16.3. The number of hydrogen-bond acceptors (Lipinski definition) is 6. The van der Waals surface area contributed by atoms with Crippen LogP contribution in [0, 0.1) is 5.82 Å². The molecule has 2 fully saturated rings. The van der Waals surface area contributed by atoms with Crippen LogP contribution in [0.5, 0.6) is 0 Å². The van der Waals surface area contributed by atoms with Crippen LogP contribution < -0.4 is 15.1 Å². The predicted octanol–water partition coefficient (Wildman–Crippen LogP) is 3.99. The number of likely N-dealkylation sites (N-methyl/N-ethyl adjacent to an activating group) is 1. The van der Waals surface area contributed by atoms with Gasteiger partial charge in [0.15, 0.2) is 0 Å². The first kappa shape index (κ1) is 19.8. The van der Waals surface area contributed by atoms with E-state index in [0.717, 1.165) is 36.5 Å². The molecule has 0 saturated carbocycles. The summed E-state index contributed by atoms with van der Waals surface area (Å²) in [7, 11) is 6.17. The maximum absolute atomic E-state index is 14.9. The molecule has 2 bridgehead atoms. The van der Waals surface area contributed by atoms with Crippen molar-refractivity contribution in [2.24, 2.45) is 0 Å². The van der Waals surface area contributed by atoms with Crippen LogP contribution in [-0.4, -0.2) is 61.2 Å². The lowest BCUT2D eigenvalue weighted by atomic mass is 10.1. The van der Waals surface area contributed by atoms with Gasteiger partial charge in [-0.1, -0.05) is 12.1 Å². The Hall–Kier alpha value is -3.19. The van der Waals surface area contributed by atoms with Crippen molar-refractivity contribution < 1.29 is 4.39 Å². The summed E-state index contributed by atoms with van der Waals surface area (Å²) < 4.78 is 14.9. The highest BCUT2D eigenvalue weighted by molar-refractivity contribution is 5.66. The van der Waals surface area contributed by atoms with Gasteiger partial charge in [0.2, 0.25) is 5.95 Å². The monoisotopic (exact) mass is 418 g/mol. The molecule has 160 valence electrons. The number of rotatable bonds is 5. The van der Waals surface area contributed by atoms with Crippen LogP contribution in [0.2, 0.25) is 0 Å². The van der Waals surface area contributed by atoms with Crippen molar-refractivity contribution >= 4 is 23.0 Å². The van der Waals surface area contributed by atoms with E-state index in [-0.39, 0.29) is 5.82 Å². The molecular formula is C24H27FN6. The van der Waals surface area contributed by atoms with Crippen LogP contribution in [0.4, 0.5) is 27.4 Å². The van der Waals surface area contributed by atoms with Gasteiger partial charge in [0.05, 0.1) is 11.4 Å². The molecule has 1 aromatic heterocycles. The van der Waals surface area contributed by atoms with E-state index in [9.17, 15) is 4.39 Å². The first-order valence-electron chi connectivity index (χ1n) is 10.6. The van der Waals surface area contributed by atoms with Crippen molar-refractivity contribution in [3.8, 4) is 11.3 Å². The van der Waals surface area contributed by atoms with Gasteiger partial charge in [-0.05, 0) is 49.9 Å². The van der Waals surface area contributed by atoms with Crippen LogP contribution in [0.15, 0.2) is 54.7 Å². The topological polar surface area (TPSA) is 47.5 Å². The molecule has 1 N–H and O–H groups in total. The zero-order chi connectivity index (χ0) is 21.5. The highest BCUT2D eigenvalue weighted by Gasteiger charge is 2.42. The van der Waals surface area contributed by atoms with E-state index >= 15 is 0 Å². The average Bonchev–Trinajstić information content (AvgIpc) is 3.34. The molecule has 0 radical (unpaired) electrons. The van der Waals surface area contributed by atoms with E-state index < -0.39 is 0 Å². The fourth-order valence-corrected chi connectivity index (χ4v) is 4.62. The normalized spacial score (nSPS) is 20.3. The summed E-state index contributed by atoms with van der Waals surface area (Å²) in [6.45, 7) is 1.89. The minimum atomic E-state index is -0.212. The smallest absolute Gasteiger partial charge is 0.227 e. The van der Waals surface area contributed by atoms with E-state index in [1.54, 1.807) is 6.20 Å². The zero-order valence-corrected chi connectivity index (χ0v) is 18.1. The Morgan fingerprint density at radius 2 is 1.84 bits per heavy atom. The van der Waals surface area contributed by atoms with Crippen molar-refractivity contribution in [3.05, 3.63) is 60.5 Å². The van der Waals surface area contributed by atoms with Crippen LogP contribution >= 0.6 is 0 Å². The minimum absolute atomic E-state index is 0.212. The summed E-state index contributed by atoms with van der Waals surface area (Å²) in [5, 5.41) is 3.15. The number of nitrogens with one attached hydrogen (secondary N) is 1. The molecule has 0 spiro atoms. The molecule has 2 aromatic carbocycles. The number of anilines is 4. The molecule has 0 aliphatic carbocycles. The van der Waals surface area contributed by atoms with Crippen molar-refractivity contribution in [1.29, 1.82) is 0 Å². The number of likely N-dealkylation sites (tertiary alicyclic amines) is 1. The number of aromatic nitrogens is 2. The van der Waals surface area contributed by atoms with Gasteiger partial charge in [-0.3, -0.25) is 4.90 Å². The summed E-state index contributed by atoms with van der Waals surface area (Å²) in [5.74, 6) is 0.235. The van der Waals surface area contributed by atoms with Gasteiger partial charge in [-0.15, -0.1) is 0 Å². The standard InChI is InChI=1S/C24H27FN6/c1-29(2)18-7-4-16(5-8-18)22-10-11-26-24(28-22)27-17-6-9-23(21(25)12-17)31-15-19-13-20(31)14-30(19)3/h4-12,19-20H,13-15H2,1-3H3,(H,26,27,28)/t19-,20-/m0/s1. The van der Waals surface area contributed by atoms with Crippen LogP contribution in [0.3, 0.4) is 0 Å². The van der Waals surface area contributed by atoms with Gasteiger partial charge in [0.25, 0.3) is 0 Å². The Bertz CT molecular complexity index is 1080. The largest absolute Gasteiger partial charge is 0.378 e. The van der Waals surface area contributed by atoms with E-state index in [1.807, 2.05) is 44.4 Å². The fraction of sp³-hybridized carbons (Fsp3) is 0.333. The van der Waals surface area contributed by atoms with E-state index in [2.05, 4.69) is 49.2 Å². The number of benzene rings is 2. The third-order valence-electron chi connectivity index (χ3n) is 6.36. The quantitative estimate of drug-likeness (QED) is 0.676. The lowest BCUT2D eigenvalue weighted by Gasteiger charge is -2.33. The second kappa shape index (κ2) is 7.81. The number of halogens is 1. The Morgan fingerprint density at radius 3 is 2.48 bits per heavy atom. The van der Waals surface area contributed by atoms with Gasteiger partial charge in [0, 0.05) is 62.4 Å². The molecule has 7 heteroatoms. The fourth-order valence-electron chi connectivity index (χ4n) is 4.62. The Kier molecular flexibility index (Phi) is 4.98. The molecule has 0 unspecified atom stereocenters. The molecule has 2 aliphatic heterocycles. The van der Waals surface area contributed by atoms with Gasteiger partial charge < -0.3 is 15.1 Å². The minimum Gasteiger partial charge on any atom is -0.378 e. The van der Waals surface area contributed by atoms with Crippen LogP contribution in [0.1, 0.15) is 6.42 Å². The predicted molar refractivity (Wildman–Crippen MR) is 124 cm³/mol. The van der Waals surface area contributed by atoms with Crippen LogP contribution in [-0.2, 0) is 0 Å². The van der Waals surface area contributed by atoms with Gasteiger partial charge in [0.1, 0.15) is 5.82 Å². The SMILES string of the molecule is CN(C)c1ccc(-c2ccnc(Nc3ccc(N4C[C@@H]5C[C@H]4CN5C)c(F)c3)n2)cc1. The molecule has 2 aliphatic rings. The third-order valence-corrected chi connectivity index (χ3v) is 6.36. The summed E-state index contributed by atoms with van der Waals surface area (Å²) >= 11 is 0. The second-order valence-electron chi connectivity index (χ2n) is 8.63. The first-order chi connectivity index (χ1) is 15.0. The Morgan fingerprint density at radius 1 is 1.03 bits per heavy atom. The summed E-state index contributed by atoms with van der Waals surface area (Å²) in [6.07, 6.45) is 2.83. The Labute approximate surface area is 182 Å². The lowest BCUT2D eigenvalue weighted by molar-refractivity contribution is 0.292. The molecule has 2 atom stereocenters. The van der Waals surface area contributed by atoms with Crippen molar-refractivity contribution in [3.63, 3.8) is 0 Å².